The molecule has 0 bridgehead atoms. The fourth-order valence-electron chi connectivity index (χ4n) is 1.36. The summed E-state index contributed by atoms with van der Waals surface area (Å²) in [7, 11) is 0. The van der Waals surface area contributed by atoms with E-state index in [2.05, 4.69) is 21.8 Å². The quantitative estimate of drug-likeness (QED) is 0.799. The van der Waals surface area contributed by atoms with Crippen LogP contribution in [0.15, 0.2) is 45.7 Å². The molecule has 0 spiro atoms. The molecular weight excluding hydrogens is 178 g/mol. The molecule has 0 aliphatic heterocycles. The zero-order valence-electron chi connectivity index (χ0n) is 7.69. The van der Waals surface area contributed by atoms with Gasteiger partial charge in [0.1, 0.15) is 0 Å². The van der Waals surface area contributed by atoms with E-state index in [9.17, 15) is 4.79 Å². The van der Waals surface area contributed by atoms with Gasteiger partial charge in [-0.25, -0.2) is 9.95 Å². The van der Waals surface area contributed by atoms with E-state index < -0.39 is 0 Å². The Bertz CT molecular complexity index is 442. The minimum atomic E-state index is -0.312. The van der Waals surface area contributed by atoms with E-state index in [1.807, 2.05) is 18.2 Å². The van der Waals surface area contributed by atoms with E-state index in [0.717, 1.165) is 18.5 Å². The molecule has 3 nitrogen and oxygen atoms in total. The maximum Gasteiger partial charge on any atom is 0.357 e. The highest BCUT2D eigenvalue weighted by Gasteiger charge is 1.98. The Morgan fingerprint density at radius 1 is 1.14 bits per heavy atom. The summed E-state index contributed by atoms with van der Waals surface area (Å²) in [5.74, 6) is 0. The van der Waals surface area contributed by atoms with Gasteiger partial charge in [-0.05, 0) is 18.4 Å². The topological polar surface area (TPSA) is 46.0 Å². The number of benzene rings is 1. The lowest BCUT2D eigenvalue weighted by Gasteiger charge is -1.97. The van der Waals surface area contributed by atoms with Gasteiger partial charge in [0.15, 0.2) is 0 Å². The molecule has 0 unspecified atom stereocenters. The third-order valence-corrected chi connectivity index (χ3v) is 2.10. The number of hydrogen-bond acceptors (Lipinski definition) is 2. The lowest BCUT2D eigenvalue weighted by atomic mass is 10.1. The first kappa shape index (κ1) is 8.81. The van der Waals surface area contributed by atoms with Crippen molar-refractivity contribution in [3.63, 3.8) is 0 Å². The second-order valence-corrected chi connectivity index (χ2v) is 3.18. The van der Waals surface area contributed by atoms with Gasteiger partial charge < -0.3 is 4.52 Å². The van der Waals surface area contributed by atoms with E-state index >= 15 is 0 Å². The number of H-pyrrole nitrogens is 1. The van der Waals surface area contributed by atoms with Crippen LogP contribution >= 0.6 is 0 Å². The molecule has 1 aromatic heterocycles. The molecule has 2 aromatic rings. The predicted molar refractivity (Wildman–Crippen MR) is 53.2 cm³/mol. The van der Waals surface area contributed by atoms with Gasteiger partial charge in [-0.3, -0.25) is 0 Å². The third-order valence-electron chi connectivity index (χ3n) is 2.10. The lowest BCUT2D eigenvalue weighted by Crippen LogP contribution is -1.91. The lowest BCUT2D eigenvalue weighted by molar-refractivity contribution is 0.385. The standard InChI is InChI=1S/C11H11NO2/c13-11-8-10(12-14-11)7-6-9-4-2-1-3-5-9/h1-5,8,12H,6-7H2. The Morgan fingerprint density at radius 3 is 2.57 bits per heavy atom. The average molecular weight is 189 g/mol. The second-order valence-electron chi connectivity index (χ2n) is 3.18. The minimum Gasteiger partial charge on any atom is -0.339 e. The zero-order chi connectivity index (χ0) is 9.80. The molecule has 1 N–H and O–H groups in total. The fraction of sp³-hybridized carbons (Fsp3) is 0.182. The van der Waals surface area contributed by atoms with Crippen molar-refractivity contribution in [1.82, 2.24) is 5.16 Å². The molecule has 0 amide bonds. The monoisotopic (exact) mass is 189 g/mol. The largest absolute Gasteiger partial charge is 0.357 e. The van der Waals surface area contributed by atoms with Crippen molar-refractivity contribution in [3.05, 3.63) is 58.1 Å². The number of aromatic amines is 1. The predicted octanol–water partition coefficient (Wildman–Crippen LogP) is 1.75. The SMILES string of the molecule is O=c1cc(CCc2ccccc2)[nH]o1. The number of nitrogens with one attached hydrogen (secondary N) is 1. The average Bonchev–Trinajstić information content (AvgIpc) is 2.63. The third kappa shape index (κ3) is 2.13. The molecule has 0 saturated carbocycles. The van der Waals surface area contributed by atoms with Crippen LogP contribution in [0.5, 0.6) is 0 Å². The molecule has 0 saturated heterocycles. The zero-order valence-corrected chi connectivity index (χ0v) is 7.69. The van der Waals surface area contributed by atoms with Crippen molar-refractivity contribution in [2.75, 3.05) is 0 Å². The van der Waals surface area contributed by atoms with Crippen LogP contribution in [0.25, 0.3) is 0 Å². The summed E-state index contributed by atoms with van der Waals surface area (Å²) in [6.45, 7) is 0. The van der Waals surface area contributed by atoms with Gasteiger partial charge in [0.05, 0.1) is 5.69 Å². The van der Waals surface area contributed by atoms with Crippen LogP contribution in [-0.2, 0) is 12.8 Å². The number of rotatable bonds is 3. The van der Waals surface area contributed by atoms with Crippen molar-refractivity contribution in [2.24, 2.45) is 0 Å². The molecule has 0 atom stereocenters. The Morgan fingerprint density at radius 2 is 1.93 bits per heavy atom. The van der Waals surface area contributed by atoms with Crippen LogP contribution in [-0.4, -0.2) is 5.16 Å². The normalized spacial score (nSPS) is 10.3. The van der Waals surface area contributed by atoms with Crippen LogP contribution < -0.4 is 5.63 Å². The summed E-state index contributed by atoms with van der Waals surface area (Å²) in [6, 6.07) is 11.6. The summed E-state index contributed by atoms with van der Waals surface area (Å²) < 4.78 is 4.57. The molecule has 0 fully saturated rings. The molecule has 1 aromatic carbocycles. The van der Waals surface area contributed by atoms with Crippen molar-refractivity contribution < 1.29 is 4.52 Å². The number of hydrogen-bond donors (Lipinski definition) is 1. The Labute approximate surface area is 81.3 Å². The smallest absolute Gasteiger partial charge is 0.339 e. The minimum absolute atomic E-state index is 0.312. The summed E-state index contributed by atoms with van der Waals surface area (Å²) in [5, 5.41) is 2.59. The molecule has 72 valence electrons. The van der Waals surface area contributed by atoms with Gasteiger partial charge in [-0.15, -0.1) is 0 Å². The van der Waals surface area contributed by atoms with Gasteiger partial charge >= 0.3 is 5.63 Å². The summed E-state index contributed by atoms with van der Waals surface area (Å²) in [6.07, 6.45) is 1.71. The van der Waals surface area contributed by atoms with Gasteiger partial charge in [-0.2, -0.15) is 0 Å². The second kappa shape index (κ2) is 3.96. The van der Waals surface area contributed by atoms with Crippen LogP contribution in [0, 0.1) is 0 Å². The highest BCUT2D eigenvalue weighted by Crippen LogP contribution is 2.03. The molecule has 0 aliphatic carbocycles. The van der Waals surface area contributed by atoms with Crippen LogP contribution in [0.3, 0.4) is 0 Å². The van der Waals surface area contributed by atoms with Gasteiger partial charge in [0, 0.05) is 6.07 Å². The van der Waals surface area contributed by atoms with Crippen molar-refractivity contribution >= 4 is 0 Å². The number of aromatic nitrogens is 1. The molecule has 3 heteroatoms. The van der Waals surface area contributed by atoms with Crippen LogP contribution in [0.4, 0.5) is 0 Å². The van der Waals surface area contributed by atoms with Crippen molar-refractivity contribution in [2.45, 2.75) is 12.8 Å². The Kier molecular flexibility index (Phi) is 2.49. The maximum atomic E-state index is 10.7. The van der Waals surface area contributed by atoms with E-state index in [-0.39, 0.29) is 5.63 Å². The van der Waals surface area contributed by atoms with Crippen LogP contribution in [0.1, 0.15) is 11.3 Å². The maximum absolute atomic E-state index is 10.7. The first-order chi connectivity index (χ1) is 6.84. The molecule has 14 heavy (non-hydrogen) atoms. The van der Waals surface area contributed by atoms with Gasteiger partial charge in [0.2, 0.25) is 0 Å². The van der Waals surface area contributed by atoms with Crippen LogP contribution in [0.2, 0.25) is 0 Å². The van der Waals surface area contributed by atoms with Gasteiger partial charge in [-0.1, -0.05) is 30.3 Å². The first-order valence-corrected chi connectivity index (χ1v) is 4.56. The molecular formula is C11H11NO2. The number of aryl methyl sites for hydroxylation is 2. The Balaban J connectivity index is 1.98. The molecule has 2 rings (SSSR count). The summed E-state index contributed by atoms with van der Waals surface area (Å²) in [5.41, 5.74) is 1.79. The van der Waals surface area contributed by atoms with Crippen molar-refractivity contribution in [1.29, 1.82) is 0 Å². The van der Waals surface area contributed by atoms with E-state index in [1.165, 1.54) is 11.6 Å². The first-order valence-electron chi connectivity index (χ1n) is 4.56. The van der Waals surface area contributed by atoms with E-state index in [4.69, 9.17) is 0 Å². The summed E-state index contributed by atoms with van der Waals surface area (Å²) in [4.78, 5) is 10.7. The highest BCUT2D eigenvalue weighted by atomic mass is 16.5. The molecule has 0 radical (unpaired) electrons. The van der Waals surface area contributed by atoms with E-state index in [0.29, 0.717) is 0 Å². The van der Waals surface area contributed by atoms with Gasteiger partial charge in [0.25, 0.3) is 0 Å². The van der Waals surface area contributed by atoms with Crippen molar-refractivity contribution in [3.8, 4) is 0 Å². The molecule has 0 aliphatic rings. The van der Waals surface area contributed by atoms with E-state index in [1.54, 1.807) is 0 Å². The Hall–Kier alpha value is -1.77. The fourth-order valence-corrected chi connectivity index (χ4v) is 1.36. The summed E-state index contributed by atoms with van der Waals surface area (Å²) >= 11 is 0. The molecule has 1 heterocycles. The highest BCUT2D eigenvalue weighted by molar-refractivity contribution is 5.16.